The molecule has 1 heterocycles. The van der Waals surface area contributed by atoms with Crippen LogP contribution in [0.4, 0.5) is 0 Å². The van der Waals surface area contributed by atoms with Gasteiger partial charge in [-0.15, -0.1) is 0 Å². The van der Waals surface area contributed by atoms with Gasteiger partial charge in [0.25, 0.3) is 6.02 Å². The van der Waals surface area contributed by atoms with Crippen molar-refractivity contribution < 1.29 is 4.74 Å². The van der Waals surface area contributed by atoms with E-state index >= 15 is 0 Å². The molecular weight excluding hydrogens is 200 g/mol. The van der Waals surface area contributed by atoms with Gasteiger partial charge in [-0.3, -0.25) is 0 Å². The number of nitrogens with zero attached hydrogens (tertiary/aromatic N) is 1. The highest BCUT2D eigenvalue weighted by molar-refractivity contribution is 5.75. The van der Waals surface area contributed by atoms with E-state index in [-0.39, 0.29) is 6.04 Å². The zero-order valence-electron chi connectivity index (χ0n) is 10.1. The van der Waals surface area contributed by atoms with E-state index in [9.17, 15) is 0 Å². The van der Waals surface area contributed by atoms with Crippen molar-refractivity contribution in [3.05, 3.63) is 34.9 Å². The Morgan fingerprint density at radius 2 is 2.19 bits per heavy atom. The summed E-state index contributed by atoms with van der Waals surface area (Å²) in [7, 11) is 0. The Morgan fingerprint density at radius 3 is 2.88 bits per heavy atom. The van der Waals surface area contributed by atoms with Gasteiger partial charge in [0.15, 0.2) is 0 Å². The lowest BCUT2D eigenvalue weighted by Crippen LogP contribution is -2.27. The molecule has 86 valence electrons. The lowest BCUT2D eigenvalue weighted by atomic mass is 10.0. The Hall–Kier alpha value is -1.51. The molecule has 3 heteroatoms. The van der Waals surface area contributed by atoms with Crippen molar-refractivity contribution in [2.45, 2.75) is 26.8 Å². The fourth-order valence-corrected chi connectivity index (χ4v) is 1.91. The summed E-state index contributed by atoms with van der Waals surface area (Å²) >= 11 is 0. The van der Waals surface area contributed by atoms with Gasteiger partial charge in [-0.25, -0.2) is 4.99 Å². The van der Waals surface area contributed by atoms with E-state index in [1.807, 2.05) is 0 Å². The zero-order valence-corrected chi connectivity index (χ0v) is 10.1. The molecule has 0 spiro atoms. The van der Waals surface area contributed by atoms with Gasteiger partial charge in [0.05, 0.1) is 12.6 Å². The predicted octanol–water partition coefficient (Wildman–Crippen LogP) is 2.34. The molecule has 1 aliphatic rings. The summed E-state index contributed by atoms with van der Waals surface area (Å²) in [6, 6.07) is 7.41. The molecule has 2 rings (SSSR count). The number of hydrogen-bond acceptors (Lipinski definition) is 3. The first-order valence-electron chi connectivity index (χ1n) is 5.68. The van der Waals surface area contributed by atoms with Crippen LogP contribution in [-0.2, 0) is 4.74 Å². The van der Waals surface area contributed by atoms with Crippen LogP contribution in [0.1, 0.15) is 29.7 Å². The van der Waals surface area contributed by atoms with Gasteiger partial charge in [0, 0.05) is 0 Å². The third-order valence-corrected chi connectivity index (χ3v) is 2.83. The maximum Gasteiger partial charge on any atom is 0.285 e. The summed E-state index contributed by atoms with van der Waals surface area (Å²) in [6.45, 7) is 7.83. The average Bonchev–Trinajstić information content (AvgIpc) is 2.74. The Bertz CT molecular complexity index is 412. The van der Waals surface area contributed by atoms with Gasteiger partial charge in [-0.1, -0.05) is 23.8 Å². The summed E-state index contributed by atoms with van der Waals surface area (Å²) in [6.07, 6.45) is 0. The van der Waals surface area contributed by atoms with Crippen molar-refractivity contribution in [3.8, 4) is 0 Å². The third kappa shape index (κ3) is 2.35. The van der Waals surface area contributed by atoms with Gasteiger partial charge in [-0.2, -0.15) is 0 Å². The number of amidine groups is 1. The van der Waals surface area contributed by atoms with Crippen LogP contribution in [0.15, 0.2) is 23.2 Å². The number of ether oxygens (including phenoxy) is 1. The summed E-state index contributed by atoms with van der Waals surface area (Å²) in [5.74, 6) is 0. The molecular formula is C13H18N2O. The molecule has 0 aromatic heterocycles. The molecule has 1 aromatic carbocycles. The van der Waals surface area contributed by atoms with E-state index in [0.29, 0.717) is 12.6 Å². The van der Waals surface area contributed by atoms with Crippen molar-refractivity contribution in [3.63, 3.8) is 0 Å². The van der Waals surface area contributed by atoms with E-state index in [1.54, 1.807) is 0 Å². The minimum Gasteiger partial charge on any atom is -0.463 e. The van der Waals surface area contributed by atoms with Crippen LogP contribution in [0.5, 0.6) is 0 Å². The van der Waals surface area contributed by atoms with Crippen molar-refractivity contribution in [2.75, 3.05) is 13.2 Å². The number of rotatable bonds is 2. The van der Waals surface area contributed by atoms with E-state index in [2.05, 4.69) is 49.3 Å². The van der Waals surface area contributed by atoms with Gasteiger partial charge in [0.1, 0.15) is 6.61 Å². The highest BCUT2D eigenvalue weighted by Crippen LogP contribution is 2.19. The zero-order chi connectivity index (χ0) is 11.5. The standard InChI is InChI=1S/C13H18N2O/c1-9-4-5-10(2)12(8-9)11(3)15-13-14-6-7-16-13/h4-5,8,11H,6-7H2,1-3H3,(H,14,15)/t11-/m0/s1. The molecule has 1 atom stereocenters. The number of benzene rings is 1. The van der Waals surface area contributed by atoms with E-state index in [0.717, 1.165) is 6.54 Å². The van der Waals surface area contributed by atoms with Crippen molar-refractivity contribution >= 4 is 6.02 Å². The first-order chi connectivity index (χ1) is 7.66. The highest BCUT2D eigenvalue weighted by Gasteiger charge is 2.13. The first-order valence-corrected chi connectivity index (χ1v) is 5.68. The van der Waals surface area contributed by atoms with Crippen LogP contribution in [0.25, 0.3) is 0 Å². The molecule has 1 aromatic rings. The molecule has 0 aliphatic carbocycles. The van der Waals surface area contributed by atoms with Crippen LogP contribution < -0.4 is 5.32 Å². The van der Waals surface area contributed by atoms with Gasteiger partial charge in [0.2, 0.25) is 0 Å². The van der Waals surface area contributed by atoms with Crippen LogP contribution in [-0.4, -0.2) is 19.2 Å². The number of aryl methyl sites for hydroxylation is 2. The molecule has 0 bridgehead atoms. The second-order valence-electron chi connectivity index (χ2n) is 4.26. The summed E-state index contributed by atoms with van der Waals surface area (Å²) < 4.78 is 5.35. The van der Waals surface area contributed by atoms with Crippen LogP contribution >= 0.6 is 0 Å². The molecule has 1 aliphatic heterocycles. The van der Waals surface area contributed by atoms with E-state index in [1.165, 1.54) is 16.7 Å². The molecule has 0 amide bonds. The Labute approximate surface area is 96.5 Å². The highest BCUT2D eigenvalue weighted by atomic mass is 16.5. The van der Waals surface area contributed by atoms with Gasteiger partial charge >= 0.3 is 0 Å². The molecule has 0 saturated carbocycles. The van der Waals surface area contributed by atoms with E-state index < -0.39 is 0 Å². The molecule has 0 saturated heterocycles. The summed E-state index contributed by atoms with van der Waals surface area (Å²) in [5, 5.41) is 3.29. The number of aliphatic imine (C=N–C) groups is 1. The SMILES string of the molecule is Cc1ccc(C)c([C@H](C)NC2=NCCO2)c1. The van der Waals surface area contributed by atoms with Crippen molar-refractivity contribution in [1.29, 1.82) is 0 Å². The van der Waals surface area contributed by atoms with Crippen molar-refractivity contribution in [1.82, 2.24) is 5.32 Å². The third-order valence-electron chi connectivity index (χ3n) is 2.83. The minimum atomic E-state index is 0.233. The topological polar surface area (TPSA) is 33.6 Å². The Morgan fingerprint density at radius 1 is 1.38 bits per heavy atom. The lowest BCUT2D eigenvalue weighted by Gasteiger charge is -2.17. The average molecular weight is 218 g/mol. The summed E-state index contributed by atoms with van der Waals surface area (Å²) in [4.78, 5) is 4.24. The van der Waals surface area contributed by atoms with Gasteiger partial charge < -0.3 is 10.1 Å². The molecule has 16 heavy (non-hydrogen) atoms. The molecule has 0 fully saturated rings. The molecule has 1 N–H and O–H groups in total. The molecule has 3 nitrogen and oxygen atoms in total. The number of hydrogen-bond donors (Lipinski definition) is 1. The van der Waals surface area contributed by atoms with Crippen molar-refractivity contribution in [2.24, 2.45) is 4.99 Å². The van der Waals surface area contributed by atoms with E-state index in [4.69, 9.17) is 4.74 Å². The molecule has 0 radical (unpaired) electrons. The smallest absolute Gasteiger partial charge is 0.285 e. The maximum absolute atomic E-state index is 5.35. The first kappa shape index (κ1) is 11.0. The Balaban J connectivity index is 2.13. The maximum atomic E-state index is 5.35. The Kier molecular flexibility index (Phi) is 3.13. The quantitative estimate of drug-likeness (QED) is 0.826. The van der Waals surface area contributed by atoms with Gasteiger partial charge in [-0.05, 0) is 31.9 Å². The normalized spacial score (nSPS) is 16.6. The van der Waals surface area contributed by atoms with Crippen LogP contribution in [0, 0.1) is 13.8 Å². The molecule has 0 unspecified atom stereocenters. The second-order valence-corrected chi connectivity index (χ2v) is 4.26. The van der Waals surface area contributed by atoms with Crippen LogP contribution in [0.3, 0.4) is 0 Å². The predicted molar refractivity (Wildman–Crippen MR) is 65.7 cm³/mol. The fourth-order valence-electron chi connectivity index (χ4n) is 1.91. The number of nitrogens with one attached hydrogen (secondary N) is 1. The fraction of sp³-hybridized carbons (Fsp3) is 0.462. The largest absolute Gasteiger partial charge is 0.463 e. The summed E-state index contributed by atoms with van der Waals surface area (Å²) in [5.41, 5.74) is 3.88. The minimum absolute atomic E-state index is 0.233. The lowest BCUT2D eigenvalue weighted by molar-refractivity contribution is 0.326. The monoisotopic (exact) mass is 218 g/mol. The second kappa shape index (κ2) is 4.56. The van der Waals surface area contributed by atoms with Crippen LogP contribution in [0.2, 0.25) is 0 Å².